The van der Waals surface area contributed by atoms with Gasteiger partial charge in [-0.2, -0.15) is 0 Å². The molecule has 2 fully saturated rings. The summed E-state index contributed by atoms with van der Waals surface area (Å²) in [5.74, 6) is -3.82. The fraction of sp³-hybridized carbons (Fsp3) is 0.531. The van der Waals surface area contributed by atoms with Gasteiger partial charge < -0.3 is 68.9 Å². The van der Waals surface area contributed by atoms with E-state index in [9.17, 15) is 50.1 Å². The van der Waals surface area contributed by atoms with Gasteiger partial charge in [-0.15, -0.1) is 0 Å². The van der Waals surface area contributed by atoms with Crippen LogP contribution in [0.5, 0.6) is 0 Å². The molecule has 0 saturated carbocycles. The third-order valence-electron chi connectivity index (χ3n) is 8.12. The summed E-state index contributed by atoms with van der Waals surface area (Å²) >= 11 is 0. The molecule has 1 aromatic rings. The molecule has 0 bridgehead atoms. The number of methoxy groups -OCH3 is 1. The number of ether oxygens (including phenoxy) is 7. The lowest BCUT2D eigenvalue weighted by Crippen LogP contribution is -2.60. The minimum atomic E-state index is -1.84. The van der Waals surface area contributed by atoms with Crippen LogP contribution < -0.4 is 0 Å². The van der Waals surface area contributed by atoms with E-state index in [-0.39, 0.29) is 11.1 Å². The van der Waals surface area contributed by atoms with Gasteiger partial charge in [0, 0.05) is 17.6 Å². The maximum atomic E-state index is 13.1. The molecule has 1 aromatic carbocycles. The zero-order valence-corrected chi connectivity index (χ0v) is 26.5. The van der Waals surface area contributed by atoms with Crippen LogP contribution in [0.15, 0.2) is 59.9 Å². The molecule has 49 heavy (non-hydrogen) atoms. The van der Waals surface area contributed by atoms with Crippen molar-refractivity contribution in [3.8, 4) is 0 Å². The molecule has 12 atom stereocenters. The first-order valence-corrected chi connectivity index (χ1v) is 15.2. The third kappa shape index (κ3) is 9.08. The van der Waals surface area contributed by atoms with E-state index in [4.69, 9.17) is 33.2 Å². The highest BCUT2D eigenvalue weighted by atomic mass is 16.8. The molecule has 3 aliphatic rings. The van der Waals surface area contributed by atoms with E-state index < -0.39 is 111 Å². The molecule has 270 valence electrons. The second kappa shape index (κ2) is 17.3. The zero-order chi connectivity index (χ0) is 35.8. The van der Waals surface area contributed by atoms with Crippen LogP contribution >= 0.6 is 0 Å². The number of benzene rings is 1. The second-order valence-corrected chi connectivity index (χ2v) is 11.3. The van der Waals surface area contributed by atoms with E-state index in [1.165, 1.54) is 19.1 Å². The predicted octanol–water partition coefficient (Wildman–Crippen LogP) is -2.22. The number of carbonyl (C=O) groups is 3. The summed E-state index contributed by atoms with van der Waals surface area (Å²) < 4.78 is 37.3. The van der Waals surface area contributed by atoms with Gasteiger partial charge >= 0.3 is 17.9 Å². The van der Waals surface area contributed by atoms with Gasteiger partial charge in [0.05, 0.1) is 32.0 Å². The Balaban J connectivity index is 1.41. The SMILES string of the molecule is C/C=C1/[C@H](O[C@@H]2O[C@H](CO)[C@@H](O)[C@H](O)[C@H]2O)OC=C(C(=O)OC)[C@H]1CC(=O)OC[C@H]1O[C@@H](OC(=O)/C=C\c2ccccc2)[C@H](O)[C@@H](O)[C@@H]1O. The first-order chi connectivity index (χ1) is 23.4. The van der Waals surface area contributed by atoms with Crippen LogP contribution in [0.4, 0.5) is 0 Å². The van der Waals surface area contributed by atoms with Crippen molar-refractivity contribution in [3.05, 3.63) is 65.5 Å². The normalized spacial score (nSPS) is 35.7. The number of aliphatic hydroxyl groups excluding tert-OH is 7. The van der Waals surface area contributed by atoms with Crippen molar-refractivity contribution in [1.82, 2.24) is 0 Å². The van der Waals surface area contributed by atoms with Crippen LogP contribution in [-0.2, 0) is 47.5 Å². The molecule has 3 aliphatic heterocycles. The van der Waals surface area contributed by atoms with Crippen LogP contribution in [0.3, 0.4) is 0 Å². The Hall–Kier alpha value is -3.75. The first kappa shape index (κ1) is 38.1. The molecule has 4 rings (SSSR count). The Morgan fingerprint density at radius 2 is 1.49 bits per heavy atom. The molecular weight excluding hydrogens is 656 g/mol. The molecule has 0 amide bonds. The fourth-order valence-electron chi connectivity index (χ4n) is 5.36. The van der Waals surface area contributed by atoms with E-state index in [0.29, 0.717) is 5.56 Å². The van der Waals surface area contributed by atoms with Gasteiger partial charge in [-0.25, -0.2) is 9.59 Å². The van der Waals surface area contributed by atoms with Gasteiger partial charge in [0.25, 0.3) is 0 Å². The van der Waals surface area contributed by atoms with Crippen LogP contribution in [0.2, 0.25) is 0 Å². The molecule has 2 saturated heterocycles. The van der Waals surface area contributed by atoms with Crippen molar-refractivity contribution in [3.63, 3.8) is 0 Å². The summed E-state index contributed by atoms with van der Waals surface area (Å²) in [6.07, 6.45) is -13.6. The molecule has 0 spiro atoms. The van der Waals surface area contributed by atoms with Gasteiger partial charge in [0.15, 0.2) is 6.29 Å². The zero-order valence-electron chi connectivity index (χ0n) is 26.5. The molecule has 17 nitrogen and oxygen atoms in total. The Kier molecular flexibility index (Phi) is 13.4. The van der Waals surface area contributed by atoms with Crippen molar-refractivity contribution in [2.45, 2.75) is 81.0 Å². The molecule has 0 aromatic heterocycles. The maximum absolute atomic E-state index is 13.1. The Morgan fingerprint density at radius 1 is 0.857 bits per heavy atom. The molecule has 17 heteroatoms. The van der Waals surface area contributed by atoms with Gasteiger partial charge in [0.2, 0.25) is 12.6 Å². The average molecular weight is 697 g/mol. The Morgan fingerprint density at radius 3 is 2.12 bits per heavy atom. The number of esters is 3. The summed E-state index contributed by atoms with van der Waals surface area (Å²) in [5, 5.41) is 71.3. The van der Waals surface area contributed by atoms with Gasteiger partial charge in [-0.05, 0) is 18.6 Å². The smallest absolute Gasteiger partial charge is 0.337 e. The average Bonchev–Trinajstić information content (AvgIpc) is 3.10. The number of hydrogen-bond acceptors (Lipinski definition) is 17. The van der Waals surface area contributed by atoms with Crippen LogP contribution in [-0.4, -0.2) is 142 Å². The third-order valence-corrected chi connectivity index (χ3v) is 8.12. The largest absolute Gasteiger partial charge is 0.468 e. The van der Waals surface area contributed by atoms with Crippen molar-refractivity contribution < 1.29 is 83.3 Å². The highest BCUT2D eigenvalue weighted by molar-refractivity contribution is 5.90. The highest BCUT2D eigenvalue weighted by Crippen LogP contribution is 2.36. The molecular formula is C32H40O17. The van der Waals surface area contributed by atoms with Crippen LogP contribution in [0, 0.1) is 5.92 Å². The molecule has 0 aliphatic carbocycles. The van der Waals surface area contributed by atoms with Crippen molar-refractivity contribution >= 4 is 24.0 Å². The quantitative estimate of drug-likeness (QED) is 0.0559. The maximum Gasteiger partial charge on any atom is 0.337 e. The standard InChI is InChI=1S/C32H40O17/c1-3-16-17(18(29(42)43-2)13-45-30(16)49-32-28(41)25(38)23(36)19(12-33)46-32)11-22(35)44-14-20-24(37)26(39)27(40)31(47-20)48-21(34)10-9-15-7-5-4-6-8-15/h3-10,13,17,19-20,23-28,30-33,36-41H,11-12,14H2,1-2H3/b10-9-,16-3+/t17-,19+,20+,23+,24+,25-,26-,27+,28+,30-,31-,32-/m0/s1. The summed E-state index contributed by atoms with van der Waals surface area (Å²) in [4.78, 5) is 38.1. The van der Waals surface area contributed by atoms with Gasteiger partial charge in [0.1, 0.15) is 55.4 Å². The van der Waals surface area contributed by atoms with Crippen LogP contribution in [0.25, 0.3) is 6.08 Å². The topological polar surface area (TPSA) is 257 Å². The van der Waals surface area contributed by atoms with E-state index in [1.807, 2.05) is 0 Å². The molecule has 3 heterocycles. The number of carbonyl (C=O) groups excluding carboxylic acids is 3. The molecule has 0 unspecified atom stereocenters. The summed E-state index contributed by atoms with van der Waals surface area (Å²) in [5.41, 5.74) is 0.733. The minimum Gasteiger partial charge on any atom is -0.468 e. The van der Waals surface area contributed by atoms with Crippen LogP contribution in [0.1, 0.15) is 18.9 Å². The lowest BCUT2D eigenvalue weighted by molar-refractivity contribution is -0.327. The lowest BCUT2D eigenvalue weighted by Gasteiger charge is -2.42. The Bertz CT molecular complexity index is 1380. The number of allylic oxidation sites excluding steroid dienone is 1. The molecule has 7 N–H and O–H groups in total. The van der Waals surface area contributed by atoms with Crippen molar-refractivity contribution in [2.24, 2.45) is 5.92 Å². The summed E-state index contributed by atoms with van der Waals surface area (Å²) in [6, 6.07) is 8.77. The predicted molar refractivity (Wildman–Crippen MR) is 161 cm³/mol. The Labute approximate surface area is 280 Å². The number of rotatable bonds is 11. The highest BCUT2D eigenvalue weighted by Gasteiger charge is 2.48. The van der Waals surface area contributed by atoms with E-state index in [0.717, 1.165) is 19.4 Å². The first-order valence-electron chi connectivity index (χ1n) is 15.2. The molecule has 0 radical (unpaired) electrons. The number of aliphatic hydroxyl groups is 7. The fourth-order valence-corrected chi connectivity index (χ4v) is 5.36. The van der Waals surface area contributed by atoms with Gasteiger partial charge in [-0.3, -0.25) is 4.79 Å². The summed E-state index contributed by atoms with van der Waals surface area (Å²) in [7, 11) is 1.10. The second-order valence-electron chi connectivity index (χ2n) is 11.3. The van der Waals surface area contributed by atoms with E-state index in [2.05, 4.69) is 0 Å². The van der Waals surface area contributed by atoms with Crippen molar-refractivity contribution in [1.29, 1.82) is 0 Å². The van der Waals surface area contributed by atoms with Crippen molar-refractivity contribution in [2.75, 3.05) is 20.3 Å². The summed E-state index contributed by atoms with van der Waals surface area (Å²) in [6.45, 7) is 0.155. The van der Waals surface area contributed by atoms with Gasteiger partial charge in [-0.1, -0.05) is 36.4 Å². The minimum absolute atomic E-state index is 0.121. The number of hydrogen-bond donors (Lipinski definition) is 7. The monoisotopic (exact) mass is 696 g/mol. The lowest BCUT2D eigenvalue weighted by atomic mass is 9.86. The van der Waals surface area contributed by atoms with E-state index in [1.54, 1.807) is 30.3 Å². The van der Waals surface area contributed by atoms with E-state index >= 15 is 0 Å².